The Labute approximate surface area is 258 Å². The van der Waals surface area contributed by atoms with E-state index in [0.717, 1.165) is 46.8 Å². The normalized spacial score (nSPS) is 14.4. The van der Waals surface area contributed by atoms with Crippen LogP contribution in [0.25, 0.3) is 0 Å². The Balaban J connectivity index is 1.57. The summed E-state index contributed by atoms with van der Waals surface area (Å²) in [5.41, 5.74) is 3.49. The van der Waals surface area contributed by atoms with E-state index in [9.17, 15) is 18.0 Å². The van der Waals surface area contributed by atoms with Crippen molar-refractivity contribution in [1.29, 1.82) is 0 Å². The first-order valence-electron chi connectivity index (χ1n) is 14.5. The largest absolute Gasteiger partial charge is 0.352 e. The van der Waals surface area contributed by atoms with E-state index in [1.54, 1.807) is 17.0 Å². The van der Waals surface area contributed by atoms with Crippen LogP contribution in [0.3, 0.4) is 0 Å². The number of anilines is 1. The van der Waals surface area contributed by atoms with Gasteiger partial charge in [0.05, 0.1) is 11.9 Å². The van der Waals surface area contributed by atoms with E-state index < -0.39 is 16.1 Å². The fourth-order valence-corrected chi connectivity index (χ4v) is 6.65. The SMILES string of the molecule is Cc1ccc(N(CCCC(=O)N(Cc2ccc(Br)cc2)C(Cc2ccccc2)C(=O)NC2CCCC2)S(C)(=O)=O)cc1. The lowest BCUT2D eigenvalue weighted by atomic mass is 10.0. The van der Waals surface area contributed by atoms with Crippen LogP contribution in [0.1, 0.15) is 55.2 Å². The van der Waals surface area contributed by atoms with Crippen LogP contribution in [0.2, 0.25) is 0 Å². The summed E-state index contributed by atoms with van der Waals surface area (Å²) in [6, 6.07) is 24.2. The van der Waals surface area contributed by atoms with E-state index >= 15 is 0 Å². The van der Waals surface area contributed by atoms with Gasteiger partial charge in [-0.15, -0.1) is 0 Å². The molecule has 1 saturated carbocycles. The molecule has 224 valence electrons. The van der Waals surface area contributed by atoms with Crippen molar-refractivity contribution in [3.63, 3.8) is 0 Å². The van der Waals surface area contributed by atoms with Crippen molar-refractivity contribution in [3.8, 4) is 0 Å². The second-order valence-electron chi connectivity index (χ2n) is 11.1. The zero-order valence-corrected chi connectivity index (χ0v) is 26.7. The van der Waals surface area contributed by atoms with Crippen molar-refractivity contribution in [3.05, 3.63) is 100 Å². The first-order chi connectivity index (χ1) is 20.1. The van der Waals surface area contributed by atoms with Crippen LogP contribution in [-0.4, -0.2) is 50.0 Å². The Morgan fingerprint density at radius 3 is 2.19 bits per heavy atom. The monoisotopic (exact) mass is 653 g/mol. The first kappa shape index (κ1) is 31.8. The molecule has 0 aliphatic heterocycles. The third-order valence-corrected chi connectivity index (χ3v) is 9.44. The number of carbonyl (C=O) groups is 2. The summed E-state index contributed by atoms with van der Waals surface area (Å²) in [5.74, 6) is -0.327. The van der Waals surface area contributed by atoms with Gasteiger partial charge in [-0.2, -0.15) is 0 Å². The number of nitrogens with one attached hydrogen (secondary N) is 1. The molecule has 1 fully saturated rings. The Bertz CT molecular complexity index is 1420. The van der Waals surface area contributed by atoms with Crippen molar-refractivity contribution in [2.45, 2.75) is 70.5 Å². The molecule has 0 saturated heterocycles. The summed E-state index contributed by atoms with van der Waals surface area (Å²) in [4.78, 5) is 29.5. The number of aryl methyl sites for hydroxylation is 1. The molecule has 1 unspecified atom stereocenters. The predicted octanol–water partition coefficient (Wildman–Crippen LogP) is 6.00. The molecule has 3 aromatic carbocycles. The fourth-order valence-electron chi connectivity index (χ4n) is 5.42. The highest BCUT2D eigenvalue weighted by Crippen LogP contribution is 2.23. The molecule has 4 rings (SSSR count). The van der Waals surface area contributed by atoms with E-state index in [1.807, 2.05) is 73.7 Å². The molecule has 0 aromatic heterocycles. The summed E-state index contributed by atoms with van der Waals surface area (Å²) < 4.78 is 27.5. The van der Waals surface area contributed by atoms with Crippen molar-refractivity contribution < 1.29 is 18.0 Å². The summed E-state index contributed by atoms with van der Waals surface area (Å²) >= 11 is 3.47. The van der Waals surface area contributed by atoms with Crippen LogP contribution >= 0.6 is 15.9 Å². The number of carbonyl (C=O) groups excluding carboxylic acids is 2. The number of amides is 2. The maximum atomic E-state index is 14.0. The molecule has 1 aliphatic rings. The lowest BCUT2D eigenvalue weighted by Gasteiger charge is -2.33. The second kappa shape index (κ2) is 14.8. The topological polar surface area (TPSA) is 86.8 Å². The van der Waals surface area contributed by atoms with Gasteiger partial charge >= 0.3 is 0 Å². The summed E-state index contributed by atoms with van der Waals surface area (Å²) in [6.07, 6.45) is 6.07. The molecule has 0 bridgehead atoms. The van der Waals surface area contributed by atoms with Gasteiger partial charge in [0.2, 0.25) is 21.8 Å². The first-order valence-corrected chi connectivity index (χ1v) is 17.2. The summed E-state index contributed by atoms with van der Waals surface area (Å²) in [6.45, 7) is 2.38. The average Bonchev–Trinajstić information content (AvgIpc) is 3.47. The van der Waals surface area contributed by atoms with Crippen molar-refractivity contribution in [2.75, 3.05) is 17.1 Å². The van der Waals surface area contributed by atoms with Crippen LogP contribution in [0.4, 0.5) is 5.69 Å². The number of nitrogens with zero attached hydrogens (tertiary/aromatic N) is 2. The van der Waals surface area contributed by atoms with Crippen LogP contribution in [0.5, 0.6) is 0 Å². The third kappa shape index (κ3) is 9.16. The van der Waals surface area contributed by atoms with Gasteiger partial charge < -0.3 is 10.2 Å². The minimum Gasteiger partial charge on any atom is -0.352 e. The minimum atomic E-state index is -3.55. The summed E-state index contributed by atoms with van der Waals surface area (Å²) in [7, 11) is -3.55. The van der Waals surface area contributed by atoms with Gasteiger partial charge in [0.25, 0.3) is 0 Å². The van der Waals surface area contributed by atoms with E-state index in [4.69, 9.17) is 0 Å². The van der Waals surface area contributed by atoms with Crippen molar-refractivity contribution >= 4 is 43.5 Å². The minimum absolute atomic E-state index is 0.108. The molecule has 0 spiro atoms. The van der Waals surface area contributed by atoms with Crippen LogP contribution < -0.4 is 9.62 Å². The third-order valence-electron chi connectivity index (χ3n) is 7.71. The molecule has 9 heteroatoms. The van der Waals surface area contributed by atoms with Gasteiger partial charge in [0.1, 0.15) is 6.04 Å². The van der Waals surface area contributed by atoms with E-state index in [2.05, 4.69) is 21.2 Å². The van der Waals surface area contributed by atoms with Gasteiger partial charge in [-0.3, -0.25) is 13.9 Å². The molecule has 1 atom stereocenters. The highest BCUT2D eigenvalue weighted by Gasteiger charge is 2.32. The molecule has 0 radical (unpaired) electrons. The second-order valence-corrected chi connectivity index (χ2v) is 13.9. The van der Waals surface area contributed by atoms with Crippen LogP contribution in [0, 0.1) is 6.92 Å². The van der Waals surface area contributed by atoms with Gasteiger partial charge in [-0.1, -0.05) is 88.9 Å². The Morgan fingerprint density at radius 2 is 1.57 bits per heavy atom. The molecular weight excluding hydrogens is 614 g/mol. The Hall–Kier alpha value is -3.17. The molecule has 0 heterocycles. The summed E-state index contributed by atoms with van der Waals surface area (Å²) in [5, 5.41) is 3.22. The highest BCUT2D eigenvalue weighted by molar-refractivity contribution is 9.10. The Kier molecular flexibility index (Phi) is 11.2. The molecule has 2 amide bonds. The molecule has 1 N–H and O–H groups in total. The fraction of sp³-hybridized carbons (Fsp3) is 0.394. The van der Waals surface area contributed by atoms with Crippen molar-refractivity contribution in [1.82, 2.24) is 10.2 Å². The molecule has 42 heavy (non-hydrogen) atoms. The maximum absolute atomic E-state index is 14.0. The highest BCUT2D eigenvalue weighted by atomic mass is 79.9. The van der Waals surface area contributed by atoms with E-state index in [0.29, 0.717) is 18.5 Å². The van der Waals surface area contributed by atoms with Gasteiger partial charge in [0.15, 0.2) is 0 Å². The van der Waals surface area contributed by atoms with Gasteiger partial charge in [-0.05, 0) is 61.6 Å². The number of hydrogen-bond donors (Lipinski definition) is 1. The quantitative estimate of drug-likeness (QED) is 0.245. The molecule has 1 aliphatic carbocycles. The number of halogens is 1. The smallest absolute Gasteiger partial charge is 0.243 e. The number of hydrogen-bond acceptors (Lipinski definition) is 4. The maximum Gasteiger partial charge on any atom is 0.243 e. The number of sulfonamides is 1. The molecule has 7 nitrogen and oxygen atoms in total. The lowest BCUT2D eigenvalue weighted by molar-refractivity contribution is -0.141. The van der Waals surface area contributed by atoms with Crippen molar-refractivity contribution in [2.24, 2.45) is 0 Å². The number of benzene rings is 3. The standard InChI is InChI=1S/C33H40BrN3O4S/c1-25-14-20-30(21-15-25)37(42(2,40)41)22-8-13-32(38)36(24-27-16-18-28(34)19-17-27)31(23-26-9-4-3-5-10-26)33(39)35-29-11-6-7-12-29/h3-5,9-10,14-21,29,31H,6-8,11-13,22-24H2,1-2H3,(H,35,39). The van der Waals surface area contributed by atoms with Crippen LogP contribution in [-0.2, 0) is 32.6 Å². The van der Waals surface area contributed by atoms with Gasteiger partial charge in [-0.25, -0.2) is 8.42 Å². The number of rotatable bonds is 13. The average molecular weight is 655 g/mol. The van der Waals surface area contributed by atoms with E-state index in [-0.39, 0.29) is 37.4 Å². The predicted molar refractivity (Wildman–Crippen MR) is 172 cm³/mol. The zero-order valence-electron chi connectivity index (χ0n) is 24.3. The zero-order chi connectivity index (χ0) is 30.1. The Morgan fingerprint density at radius 1 is 0.929 bits per heavy atom. The van der Waals surface area contributed by atoms with Crippen LogP contribution in [0.15, 0.2) is 83.3 Å². The molecular formula is C33H40BrN3O4S. The van der Waals surface area contributed by atoms with Gasteiger partial charge in [0, 0.05) is 36.4 Å². The molecule has 3 aromatic rings. The lowest BCUT2D eigenvalue weighted by Crippen LogP contribution is -2.52. The van der Waals surface area contributed by atoms with E-state index in [1.165, 1.54) is 10.6 Å².